The zero-order valence-corrected chi connectivity index (χ0v) is 8.79. The molecular weight excluding hydrogens is 224 g/mol. The van der Waals surface area contributed by atoms with Crippen molar-refractivity contribution >= 4 is 33.0 Å². The summed E-state index contributed by atoms with van der Waals surface area (Å²) >= 11 is 8.33. The first-order valence-corrected chi connectivity index (χ1v) is 4.55. The lowest BCUT2D eigenvalue weighted by atomic mass is 9.94. The van der Waals surface area contributed by atoms with Crippen LogP contribution >= 0.6 is 28.1 Å². The summed E-state index contributed by atoms with van der Waals surface area (Å²) in [6.07, 6.45) is 1.62. The Morgan fingerprint density at radius 3 is 2.73 bits per heavy atom. The van der Waals surface area contributed by atoms with Crippen LogP contribution in [0, 0.1) is 5.92 Å². The predicted octanol–water partition coefficient (Wildman–Crippen LogP) is 3.12. The molecule has 1 rings (SSSR count). The van der Waals surface area contributed by atoms with Crippen LogP contribution in [0.4, 0.5) is 0 Å². The number of aliphatic hydroxyl groups excluding tert-OH is 1. The molecule has 1 aliphatic rings. The van der Waals surface area contributed by atoms with E-state index in [9.17, 15) is 5.11 Å². The van der Waals surface area contributed by atoms with Gasteiger partial charge in [0.15, 0.2) is 0 Å². The Morgan fingerprint density at radius 1 is 1.64 bits per heavy atom. The average Bonchev–Trinajstić information content (AvgIpc) is 1.97. The molecule has 0 saturated carbocycles. The maximum atomic E-state index is 9.31. The Labute approximate surface area is 79.9 Å². The molecule has 0 aromatic rings. The molecule has 0 spiro atoms. The van der Waals surface area contributed by atoms with Crippen molar-refractivity contribution in [3.8, 4) is 0 Å². The topological polar surface area (TPSA) is 20.2 Å². The van der Waals surface area contributed by atoms with E-state index in [0.717, 1.165) is 14.9 Å². The smallest absolute Gasteiger partial charge is 0.130 e. The monoisotopic (exact) mass is 232 g/mol. The standard InChI is InChI=1S/C8H9BrOS/c1-4-5(2)8(9)6(10)3-7(4)11/h3-4,10H,1-2H3. The van der Waals surface area contributed by atoms with Gasteiger partial charge in [0, 0.05) is 10.8 Å². The van der Waals surface area contributed by atoms with Gasteiger partial charge in [-0.3, -0.25) is 0 Å². The molecule has 0 bridgehead atoms. The van der Waals surface area contributed by atoms with Gasteiger partial charge in [0.1, 0.15) is 5.76 Å². The normalized spacial score (nSPS) is 25.5. The van der Waals surface area contributed by atoms with Gasteiger partial charge in [-0.1, -0.05) is 19.1 Å². The first kappa shape index (κ1) is 8.94. The molecule has 1 aliphatic carbocycles. The van der Waals surface area contributed by atoms with Crippen molar-refractivity contribution in [2.45, 2.75) is 13.8 Å². The van der Waals surface area contributed by atoms with E-state index in [0.29, 0.717) is 0 Å². The van der Waals surface area contributed by atoms with Crippen LogP contribution < -0.4 is 0 Å². The van der Waals surface area contributed by atoms with Crippen LogP contribution in [0.2, 0.25) is 0 Å². The molecule has 0 saturated heterocycles. The van der Waals surface area contributed by atoms with Gasteiger partial charge < -0.3 is 5.11 Å². The Kier molecular flexibility index (Phi) is 2.50. The first-order chi connectivity index (χ1) is 5.04. The number of rotatable bonds is 0. The molecule has 0 heterocycles. The van der Waals surface area contributed by atoms with E-state index in [1.807, 2.05) is 13.8 Å². The van der Waals surface area contributed by atoms with Crippen LogP contribution in [-0.4, -0.2) is 9.97 Å². The fourth-order valence-corrected chi connectivity index (χ4v) is 1.67. The Balaban J connectivity index is 3.12. The number of allylic oxidation sites excluding steroid dienone is 3. The van der Waals surface area contributed by atoms with Gasteiger partial charge in [-0.2, -0.15) is 0 Å². The van der Waals surface area contributed by atoms with E-state index in [1.54, 1.807) is 6.08 Å². The van der Waals surface area contributed by atoms with Crippen LogP contribution in [0.1, 0.15) is 13.8 Å². The van der Waals surface area contributed by atoms with Gasteiger partial charge in [-0.15, -0.1) is 0 Å². The second-order valence-corrected chi connectivity index (χ2v) is 3.92. The van der Waals surface area contributed by atoms with Crippen LogP contribution in [0.15, 0.2) is 21.9 Å². The van der Waals surface area contributed by atoms with Crippen molar-refractivity contribution < 1.29 is 5.11 Å². The molecule has 0 aromatic heterocycles. The van der Waals surface area contributed by atoms with E-state index in [-0.39, 0.29) is 11.7 Å². The van der Waals surface area contributed by atoms with Gasteiger partial charge in [0.05, 0.1) is 4.48 Å². The highest BCUT2D eigenvalue weighted by molar-refractivity contribution is 9.12. The van der Waals surface area contributed by atoms with Gasteiger partial charge in [-0.25, -0.2) is 0 Å². The summed E-state index contributed by atoms with van der Waals surface area (Å²) in [5.74, 6) is 0.501. The highest BCUT2D eigenvalue weighted by Gasteiger charge is 2.19. The molecule has 0 aromatic carbocycles. The molecule has 0 radical (unpaired) electrons. The number of thiocarbonyl (C=S) groups is 1. The fourth-order valence-electron chi connectivity index (χ4n) is 0.929. The molecule has 0 amide bonds. The SMILES string of the molecule is CC1=C(Br)C(O)=CC(=S)C1C. The Bertz CT molecular complexity index is 265. The van der Waals surface area contributed by atoms with Crippen molar-refractivity contribution in [2.24, 2.45) is 5.92 Å². The summed E-state index contributed by atoms with van der Waals surface area (Å²) in [6.45, 7) is 3.99. The summed E-state index contributed by atoms with van der Waals surface area (Å²) in [5, 5.41) is 9.31. The average molecular weight is 233 g/mol. The second kappa shape index (κ2) is 3.07. The molecule has 1 atom stereocenters. The van der Waals surface area contributed by atoms with Crippen molar-refractivity contribution in [2.75, 3.05) is 0 Å². The lowest BCUT2D eigenvalue weighted by molar-refractivity contribution is 0.428. The summed E-state index contributed by atoms with van der Waals surface area (Å²) in [6, 6.07) is 0. The third kappa shape index (κ3) is 1.54. The largest absolute Gasteiger partial charge is 0.507 e. The highest BCUT2D eigenvalue weighted by atomic mass is 79.9. The minimum atomic E-state index is 0.241. The van der Waals surface area contributed by atoms with Crippen molar-refractivity contribution in [3.05, 3.63) is 21.9 Å². The van der Waals surface area contributed by atoms with Crippen LogP contribution in [0.25, 0.3) is 0 Å². The Hall–Kier alpha value is -0.150. The molecule has 0 aliphatic heterocycles. The summed E-state index contributed by atoms with van der Waals surface area (Å²) in [7, 11) is 0. The quantitative estimate of drug-likeness (QED) is 0.648. The molecule has 1 unspecified atom stereocenters. The van der Waals surface area contributed by atoms with E-state index in [4.69, 9.17) is 12.2 Å². The van der Waals surface area contributed by atoms with Gasteiger partial charge in [-0.05, 0) is 34.5 Å². The third-order valence-corrected chi connectivity index (χ3v) is 3.43. The fraction of sp³-hybridized carbons (Fsp3) is 0.375. The Morgan fingerprint density at radius 2 is 2.18 bits per heavy atom. The number of hydrogen-bond acceptors (Lipinski definition) is 2. The minimum Gasteiger partial charge on any atom is -0.507 e. The maximum Gasteiger partial charge on any atom is 0.130 e. The summed E-state index contributed by atoms with van der Waals surface area (Å²) in [5.41, 5.74) is 1.09. The maximum absolute atomic E-state index is 9.31. The molecule has 1 N–H and O–H groups in total. The molecule has 60 valence electrons. The molecule has 1 nitrogen and oxygen atoms in total. The first-order valence-electron chi connectivity index (χ1n) is 3.35. The zero-order chi connectivity index (χ0) is 8.59. The van der Waals surface area contributed by atoms with E-state index in [1.165, 1.54) is 0 Å². The third-order valence-electron chi connectivity index (χ3n) is 1.93. The van der Waals surface area contributed by atoms with Crippen molar-refractivity contribution in [3.63, 3.8) is 0 Å². The van der Waals surface area contributed by atoms with E-state index >= 15 is 0 Å². The van der Waals surface area contributed by atoms with Gasteiger partial charge in [0.25, 0.3) is 0 Å². The van der Waals surface area contributed by atoms with Crippen molar-refractivity contribution in [1.82, 2.24) is 0 Å². The molecule has 11 heavy (non-hydrogen) atoms. The van der Waals surface area contributed by atoms with Crippen LogP contribution in [-0.2, 0) is 0 Å². The van der Waals surface area contributed by atoms with E-state index in [2.05, 4.69) is 15.9 Å². The number of halogens is 1. The lowest BCUT2D eigenvalue weighted by Gasteiger charge is -2.18. The van der Waals surface area contributed by atoms with E-state index < -0.39 is 0 Å². The molecule has 3 heteroatoms. The highest BCUT2D eigenvalue weighted by Crippen LogP contribution is 2.30. The van der Waals surface area contributed by atoms with Crippen LogP contribution in [0.5, 0.6) is 0 Å². The summed E-state index contributed by atoms with van der Waals surface area (Å²) in [4.78, 5) is 0.795. The van der Waals surface area contributed by atoms with Gasteiger partial charge >= 0.3 is 0 Å². The van der Waals surface area contributed by atoms with Crippen molar-refractivity contribution in [1.29, 1.82) is 0 Å². The number of hydrogen-bond donors (Lipinski definition) is 1. The predicted molar refractivity (Wildman–Crippen MR) is 54.1 cm³/mol. The zero-order valence-electron chi connectivity index (χ0n) is 6.39. The molecule has 0 fully saturated rings. The summed E-state index contributed by atoms with van der Waals surface area (Å²) < 4.78 is 0.776. The van der Waals surface area contributed by atoms with Gasteiger partial charge in [0.2, 0.25) is 0 Å². The minimum absolute atomic E-state index is 0.241. The van der Waals surface area contributed by atoms with Crippen LogP contribution in [0.3, 0.4) is 0 Å². The number of aliphatic hydroxyl groups is 1. The molecular formula is C8H9BrOS. The lowest BCUT2D eigenvalue weighted by Crippen LogP contribution is -2.13. The second-order valence-electron chi connectivity index (χ2n) is 2.65.